The molecule has 112 valence electrons. The molecule has 0 radical (unpaired) electrons. The minimum Gasteiger partial charge on any atom is -0.355 e. The lowest BCUT2D eigenvalue weighted by atomic mass is 10.4. The number of aliphatic imine (C=N–C) groups is 1. The predicted octanol–water partition coefficient (Wildman–Crippen LogP) is 2.00. The maximum Gasteiger partial charge on any atom is 0.204 e. The minimum absolute atomic E-state index is 0.504. The summed E-state index contributed by atoms with van der Waals surface area (Å²) in [6, 6.07) is 0. The molecule has 0 aliphatic carbocycles. The van der Waals surface area contributed by atoms with Gasteiger partial charge in [0.05, 0.1) is 12.0 Å². The van der Waals surface area contributed by atoms with E-state index in [-0.39, 0.29) is 0 Å². The van der Waals surface area contributed by atoms with Crippen molar-refractivity contribution in [3.05, 3.63) is 17.7 Å². The minimum atomic E-state index is 0.504. The zero-order valence-corrected chi connectivity index (χ0v) is 14.4. The van der Waals surface area contributed by atoms with Gasteiger partial charge >= 0.3 is 0 Å². The highest BCUT2D eigenvalue weighted by atomic mass is 79.9. The summed E-state index contributed by atoms with van der Waals surface area (Å²) in [4.78, 5) is 11.2. The van der Waals surface area contributed by atoms with E-state index in [1.54, 1.807) is 25.1 Å². The molecule has 1 aromatic heterocycles. The Morgan fingerprint density at radius 3 is 2.85 bits per heavy atom. The van der Waals surface area contributed by atoms with Crippen molar-refractivity contribution in [3.63, 3.8) is 0 Å². The second kappa shape index (κ2) is 12.8. The molecular weight excluding hydrogens is 340 g/mol. The maximum atomic E-state index is 8.43. The Kier molecular flexibility index (Phi) is 12.0. The summed E-state index contributed by atoms with van der Waals surface area (Å²) in [7, 11) is 1.63. The van der Waals surface area contributed by atoms with Crippen LogP contribution in [0.25, 0.3) is 0 Å². The lowest BCUT2D eigenvalue weighted by Gasteiger charge is -2.06. The fourth-order valence-corrected chi connectivity index (χ4v) is 2.05. The molecule has 0 saturated heterocycles. The molecule has 0 atom stereocenters. The molecule has 1 aromatic rings. The van der Waals surface area contributed by atoms with Crippen LogP contribution in [0.15, 0.2) is 11.3 Å². The van der Waals surface area contributed by atoms with E-state index in [2.05, 4.69) is 41.5 Å². The van der Waals surface area contributed by atoms with Gasteiger partial charge in [-0.2, -0.15) is 17.0 Å². The van der Waals surface area contributed by atoms with E-state index in [9.17, 15) is 0 Å². The van der Waals surface area contributed by atoms with E-state index in [4.69, 9.17) is 5.26 Å². The number of thioether (sulfide) groups is 1. The predicted molar refractivity (Wildman–Crippen MR) is 89.1 cm³/mol. The van der Waals surface area contributed by atoms with Crippen LogP contribution in [0.1, 0.15) is 18.3 Å². The monoisotopic (exact) mass is 360 g/mol. The Bertz CT molecular complexity index is 426. The van der Waals surface area contributed by atoms with Gasteiger partial charge in [0.15, 0.2) is 6.19 Å². The number of nitrogens with one attached hydrogen (secondary N) is 3. The molecule has 8 heteroatoms. The number of halogens is 1. The van der Waals surface area contributed by atoms with Crippen LogP contribution in [-0.2, 0) is 5.75 Å². The number of rotatable bonds is 5. The molecule has 6 nitrogen and oxygen atoms in total. The summed E-state index contributed by atoms with van der Waals surface area (Å²) in [6.45, 7) is 4.81. The highest BCUT2D eigenvalue weighted by Crippen LogP contribution is 2.11. The molecule has 0 unspecified atom stereocenters. The fourth-order valence-electron chi connectivity index (χ4n) is 1.18. The van der Waals surface area contributed by atoms with Gasteiger partial charge in [0, 0.05) is 36.1 Å². The Hall–Kier alpha value is -1.20. The summed E-state index contributed by atoms with van der Waals surface area (Å²) >= 11 is 4.93. The van der Waals surface area contributed by atoms with E-state index in [1.165, 1.54) is 0 Å². The fraction of sp³-hybridized carbons (Fsp3) is 0.583. The van der Waals surface area contributed by atoms with E-state index in [1.807, 2.05) is 20.0 Å². The molecule has 0 aliphatic rings. The number of hydrogen-bond acceptors (Lipinski definition) is 4. The number of aromatic nitrogens is 2. The Morgan fingerprint density at radius 2 is 2.35 bits per heavy atom. The van der Waals surface area contributed by atoms with Crippen molar-refractivity contribution >= 4 is 33.7 Å². The number of aromatic amines is 1. The number of hydrogen-bond donors (Lipinski definition) is 3. The van der Waals surface area contributed by atoms with Crippen LogP contribution in [-0.4, -0.2) is 40.6 Å². The van der Waals surface area contributed by atoms with Crippen LogP contribution in [0.3, 0.4) is 0 Å². The highest BCUT2D eigenvalue weighted by Gasteiger charge is 2.00. The molecule has 0 aliphatic heterocycles. The third-order valence-electron chi connectivity index (χ3n) is 2.11. The van der Waals surface area contributed by atoms with E-state index >= 15 is 0 Å². The van der Waals surface area contributed by atoms with Gasteiger partial charge in [-0.15, -0.1) is 0 Å². The number of alkyl halides is 1. The summed E-state index contributed by atoms with van der Waals surface area (Å²) < 4.78 is 0. The average Bonchev–Trinajstić information content (AvgIpc) is 2.83. The summed E-state index contributed by atoms with van der Waals surface area (Å²) in [5.41, 5.74) is 2.21. The largest absolute Gasteiger partial charge is 0.355 e. The van der Waals surface area contributed by atoms with Gasteiger partial charge in [-0.3, -0.25) is 10.3 Å². The first kappa shape index (κ1) is 18.8. The Labute approximate surface area is 133 Å². The molecule has 0 amide bonds. The Morgan fingerprint density at radius 1 is 1.65 bits per heavy atom. The van der Waals surface area contributed by atoms with E-state index < -0.39 is 0 Å². The standard InChI is InChI=1S/C10H16N6S.C2H5Br/c1-8-9(16-7-15-8)5-17-4-3-13-10(12-2)14-6-11;1-2-3/h7H,3-5H2,1-2H3,(H,15,16)(H2,12,13,14);2H2,1H3. The first-order valence-corrected chi connectivity index (χ1v) is 8.45. The third kappa shape index (κ3) is 8.82. The van der Waals surface area contributed by atoms with Crippen molar-refractivity contribution in [3.8, 4) is 6.19 Å². The zero-order chi connectivity index (χ0) is 15.2. The van der Waals surface area contributed by atoms with Crippen LogP contribution < -0.4 is 10.6 Å². The number of aryl methyl sites for hydroxylation is 1. The van der Waals surface area contributed by atoms with Gasteiger partial charge in [-0.05, 0) is 6.92 Å². The van der Waals surface area contributed by atoms with Crippen LogP contribution >= 0.6 is 27.7 Å². The van der Waals surface area contributed by atoms with Crippen molar-refractivity contribution in [2.24, 2.45) is 4.99 Å². The molecule has 0 aromatic carbocycles. The van der Waals surface area contributed by atoms with Gasteiger partial charge in [0.1, 0.15) is 0 Å². The van der Waals surface area contributed by atoms with Crippen molar-refractivity contribution < 1.29 is 0 Å². The van der Waals surface area contributed by atoms with E-state index in [0.717, 1.165) is 34.8 Å². The number of H-pyrrole nitrogens is 1. The molecule has 3 N–H and O–H groups in total. The molecule has 0 spiro atoms. The van der Waals surface area contributed by atoms with Gasteiger partial charge in [0.25, 0.3) is 0 Å². The van der Waals surface area contributed by atoms with Crippen molar-refractivity contribution in [1.29, 1.82) is 5.26 Å². The molecular formula is C12H21BrN6S. The Balaban J connectivity index is 0.00000110. The second-order valence-electron chi connectivity index (χ2n) is 3.53. The lowest BCUT2D eigenvalue weighted by Crippen LogP contribution is -2.35. The number of nitriles is 1. The maximum absolute atomic E-state index is 8.43. The molecule has 20 heavy (non-hydrogen) atoms. The number of guanidine groups is 1. The molecule has 0 saturated carbocycles. The normalized spacial score (nSPS) is 10.2. The molecule has 1 rings (SSSR count). The molecule has 1 heterocycles. The van der Waals surface area contributed by atoms with Gasteiger partial charge in [-0.25, -0.2) is 4.98 Å². The average molecular weight is 361 g/mol. The number of nitrogens with zero attached hydrogens (tertiary/aromatic N) is 3. The van der Waals surface area contributed by atoms with Gasteiger partial charge < -0.3 is 10.3 Å². The van der Waals surface area contributed by atoms with Crippen molar-refractivity contribution in [1.82, 2.24) is 20.6 Å². The highest BCUT2D eigenvalue weighted by molar-refractivity contribution is 9.09. The first-order valence-electron chi connectivity index (χ1n) is 6.17. The van der Waals surface area contributed by atoms with Crippen molar-refractivity contribution in [2.75, 3.05) is 24.7 Å². The first-order chi connectivity index (χ1) is 9.69. The van der Waals surface area contributed by atoms with Gasteiger partial charge in [-0.1, -0.05) is 22.9 Å². The summed E-state index contributed by atoms with van der Waals surface area (Å²) in [5.74, 6) is 2.32. The van der Waals surface area contributed by atoms with Crippen LogP contribution in [0.2, 0.25) is 0 Å². The number of imidazole rings is 1. The smallest absolute Gasteiger partial charge is 0.204 e. The van der Waals surface area contributed by atoms with Crippen LogP contribution in [0, 0.1) is 18.4 Å². The lowest BCUT2D eigenvalue weighted by molar-refractivity contribution is 0.930. The quantitative estimate of drug-likeness (QED) is 0.186. The molecule has 0 fully saturated rings. The van der Waals surface area contributed by atoms with Gasteiger partial charge in [0.2, 0.25) is 5.96 Å². The summed E-state index contributed by atoms with van der Waals surface area (Å²) in [6.07, 6.45) is 3.54. The second-order valence-corrected chi connectivity index (χ2v) is 5.76. The molecule has 0 bridgehead atoms. The topological polar surface area (TPSA) is 88.9 Å². The zero-order valence-electron chi connectivity index (χ0n) is 12.0. The third-order valence-corrected chi connectivity index (χ3v) is 3.08. The van der Waals surface area contributed by atoms with Crippen molar-refractivity contribution in [2.45, 2.75) is 19.6 Å². The van der Waals surface area contributed by atoms with E-state index in [0.29, 0.717) is 5.96 Å². The van der Waals surface area contributed by atoms with Crippen LogP contribution in [0.5, 0.6) is 0 Å². The van der Waals surface area contributed by atoms with Crippen LogP contribution in [0.4, 0.5) is 0 Å². The SMILES string of the molecule is C/N=C(\NC#N)NCCSCc1nc[nH]c1C.CCBr. The summed E-state index contributed by atoms with van der Waals surface area (Å²) in [5, 5.41) is 15.0.